The van der Waals surface area contributed by atoms with E-state index in [1.807, 2.05) is 19.1 Å². The first-order chi connectivity index (χ1) is 12.0. The molecule has 0 aliphatic heterocycles. The minimum atomic E-state index is -0.489. The zero-order valence-electron chi connectivity index (χ0n) is 13.4. The van der Waals surface area contributed by atoms with E-state index >= 15 is 0 Å². The van der Waals surface area contributed by atoms with Crippen LogP contribution in [0.4, 0.5) is 16.2 Å². The second kappa shape index (κ2) is 7.19. The van der Waals surface area contributed by atoms with Gasteiger partial charge in [-0.25, -0.2) is 4.79 Å². The molecule has 6 nitrogen and oxygen atoms in total. The maximum absolute atomic E-state index is 12.2. The third-order valence-electron chi connectivity index (χ3n) is 3.42. The Morgan fingerprint density at radius 2 is 1.76 bits per heavy atom. The van der Waals surface area contributed by atoms with Gasteiger partial charge in [-0.05, 0) is 43.3 Å². The van der Waals surface area contributed by atoms with Gasteiger partial charge in [0, 0.05) is 22.6 Å². The summed E-state index contributed by atoms with van der Waals surface area (Å²) < 4.78 is 1.06. The Hall–Kier alpha value is -3.12. The van der Waals surface area contributed by atoms with Gasteiger partial charge >= 0.3 is 6.03 Å². The fraction of sp³-hybridized carbons (Fsp3) is 0.0556. The molecule has 2 N–H and O–H groups in total. The van der Waals surface area contributed by atoms with Crippen LogP contribution in [0.15, 0.2) is 60.8 Å². The summed E-state index contributed by atoms with van der Waals surface area (Å²) in [6.07, 6.45) is 1.42. The van der Waals surface area contributed by atoms with Crippen molar-refractivity contribution in [3.63, 3.8) is 0 Å². The number of halogens is 1. The lowest BCUT2D eigenvalue weighted by Gasteiger charge is -2.05. The quantitative estimate of drug-likeness (QED) is 0.740. The van der Waals surface area contributed by atoms with Crippen LogP contribution in [-0.2, 0) is 0 Å². The highest BCUT2D eigenvalue weighted by atomic mass is 35.5. The lowest BCUT2D eigenvalue weighted by atomic mass is 10.2. The SMILES string of the molecule is Cc1ccc(NC(=O)c2ccn(C(=O)Nc3cccc(Cl)c3)n2)cc1. The number of carbonyl (C=O) groups excluding carboxylic acids is 2. The number of hydrogen-bond acceptors (Lipinski definition) is 3. The molecule has 126 valence electrons. The smallest absolute Gasteiger partial charge is 0.321 e. The van der Waals surface area contributed by atoms with Gasteiger partial charge in [0.15, 0.2) is 5.69 Å². The van der Waals surface area contributed by atoms with Crippen LogP contribution in [0.2, 0.25) is 5.02 Å². The standard InChI is InChI=1S/C18H15ClN4O2/c1-12-5-7-14(8-6-12)20-17(24)16-9-10-23(22-16)18(25)21-15-4-2-3-13(19)11-15/h2-11H,1H3,(H,20,24)(H,21,25). The third kappa shape index (κ3) is 4.24. The largest absolute Gasteiger partial charge is 0.346 e. The minimum Gasteiger partial charge on any atom is -0.321 e. The summed E-state index contributed by atoms with van der Waals surface area (Å²) in [7, 11) is 0. The Morgan fingerprint density at radius 1 is 1.00 bits per heavy atom. The molecule has 1 heterocycles. The summed E-state index contributed by atoms with van der Waals surface area (Å²) in [4.78, 5) is 24.4. The molecule has 2 amide bonds. The number of aromatic nitrogens is 2. The van der Waals surface area contributed by atoms with Crippen LogP contribution in [-0.4, -0.2) is 21.7 Å². The molecule has 25 heavy (non-hydrogen) atoms. The van der Waals surface area contributed by atoms with Gasteiger partial charge in [-0.3, -0.25) is 4.79 Å². The van der Waals surface area contributed by atoms with E-state index in [0.717, 1.165) is 10.2 Å². The first-order valence-electron chi connectivity index (χ1n) is 7.52. The highest BCUT2D eigenvalue weighted by molar-refractivity contribution is 6.30. The number of carbonyl (C=O) groups is 2. The van der Waals surface area contributed by atoms with E-state index in [1.54, 1.807) is 36.4 Å². The minimum absolute atomic E-state index is 0.141. The molecule has 0 atom stereocenters. The van der Waals surface area contributed by atoms with Crippen molar-refractivity contribution in [3.8, 4) is 0 Å². The van der Waals surface area contributed by atoms with Crippen LogP contribution in [0.1, 0.15) is 16.1 Å². The molecule has 0 spiro atoms. The molecular formula is C18H15ClN4O2. The number of nitrogens with one attached hydrogen (secondary N) is 2. The molecule has 3 rings (SSSR count). The number of anilines is 2. The number of aryl methyl sites for hydroxylation is 1. The van der Waals surface area contributed by atoms with Crippen molar-refractivity contribution >= 4 is 34.9 Å². The predicted molar refractivity (Wildman–Crippen MR) is 97.2 cm³/mol. The van der Waals surface area contributed by atoms with Crippen molar-refractivity contribution in [1.82, 2.24) is 9.78 Å². The fourth-order valence-corrected chi connectivity index (χ4v) is 2.33. The molecule has 0 fully saturated rings. The predicted octanol–water partition coefficient (Wildman–Crippen LogP) is 4.18. The maximum atomic E-state index is 12.2. The van der Waals surface area contributed by atoms with E-state index in [-0.39, 0.29) is 5.69 Å². The molecule has 2 aromatic carbocycles. The zero-order valence-corrected chi connectivity index (χ0v) is 14.1. The van der Waals surface area contributed by atoms with E-state index in [2.05, 4.69) is 15.7 Å². The summed E-state index contributed by atoms with van der Waals surface area (Å²) in [6, 6.07) is 15.1. The zero-order chi connectivity index (χ0) is 17.8. The van der Waals surface area contributed by atoms with Gasteiger partial charge in [-0.2, -0.15) is 9.78 Å². The van der Waals surface area contributed by atoms with Gasteiger partial charge in [-0.15, -0.1) is 0 Å². The van der Waals surface area contributed by atoms with Crippen molar-refractivity contribution in [2.45, 2.75) is 6.92 Å². The van der Waals surface area contributed by atoms with Gasteiger partial charge < -0.3 is 10.6 Å². The van der Waals surface area contributed by atoms with Gasteiger partial charge in [0.2, 0.25) is 0 Å². The van der Waals surface area contributed by atoms with Crippen LogP contribution in [0.25, 0.3) is 0 Å². The van der Waals surface area contributed by atoms with Gasteiger partial charge in [0.25, 0.3) is 5.91 Å². The highest BCUT2D eigenvalue weighted by Gasteiger charge is 2.13. The van der Waals surface area contributed by atoms with Crippen molar-refractivity contribution in [3.05, 3.63) is 77.1 Å². The molecule has 0 aliphatic carbocycles. The molecule has 0 unspecified atom stereocenters. The topological polar surface area (TPSA) is 76.0 Å². The second-order valence-corrected chi connectivity index (χ2v) is 5.84. The summed E-state index contributed by atoms with van der Waals surface area (Å²) in [5.74, 6) is -0.391. The second-order valence-electron chi connectivity index (χ2n) is 5.41. The molecule has 0 radical (unpaired) electrons. The maximum Gasteiger partial charge on any atom is 0.346 e. The lowest BCUT2D eigenvalue weighted by molar-refractivity contribution is 0.102. The third-order valence-corrected chi connectivity index (χ3v) is 3.65. The average molecular weight is 355 g/mol. The Bertz CT molecular complexity index is 919. The average Bonchev–Trinajstić information content (AvgIpc) is 3.07. The number of hydrogen-bond donors (Lipinski definition) is 2. The summed E-state index contributed by atoms with van der Waals surface area (Å²) in [6.45, 7) is 1.96. The molecule has 0 saturated carbocycles. The number of nitrogens with zero attached hydrogens (tertiary/aromatic N) is 2. The molecule has 0 saturated heterocycles. The van der Waals surface area contributed by atoms with E-state index in [9.17, 15) is 9.59 Å². The van der Waals surface area contributed by atoms with Crippen molar-refractivity contribution < 1.29 is 9.59 Å². The van der Waals surface area contributed by atoms with Crippen LogP contribution < -0.4 is 10.6 Å². The molecule has 0 aliphatic rings. The normalized spacial score (nSPS) is 10.3. The van der Waals surface area contributed by atoms with Crippen LogP contribution in [0.3, 0.4) is 0 Å². The van der Waals surface area contributed by atoms with Crippen LogP contribution in [0, 0.1) is 6.92 Å². The molecule has 7 heteroatoms. The van der Waals surface area contributed by atoms with E-state index in [1.165, 1.54) is 12.3 Å². The summed E-state index contributed by atoms with van der Waals surface area (Å²) in [5, 5.41) is 9.90. The Labute approximate surface area is 149 Å². The first-order valence-corrected chi connectivity index (χ1v) is 7.90. The van der Waals surface area contributed by atoms with Crippen molar-refractivity contribution in [1.29, 1.82) is 0 Å². The van der Waals surface area contributed by atoms with E-state index in [0.29, 0.717) is 16.4 Å². The monoisotopic (exact) mass is 354 g/mol. The highest BCUT2D eigenvalue weighted by Crippen LogP contribution is 2.15. The summed E-state index contributed by atoms with van der Waals surface area (Å²) in [5.41, 5.74) is 2.44. The fourth-order valence-electron chi connectivity index (χ4n) is 2.14. The van der Waals surface area contributed by atoms with E-state index < -0.39 is 11.9 Å². The molecule has 3 aromatic rings. The Morgan fingerprint density at radius 3 is 2.48 bits per heavy atom. The summed E-state index contributed by atoms with van der Waals surface area (Å²) >= 11 is 5.88. The van der Waals surface area contributed by atoms with Crippen LogP contribution >= 0.6 is 11.6 Å². The number of amides is 2. The van der Waals surface area contributed by atoms with Crippen molar-refractivity contribution in [2.75, 3.05) is 10.6 Å². The van der Waals surface area contributed by atoms with Gasteiger partial charge in [0.05, 0.1) is 0 Å². The van der Waals surface area contributed by atoms with Gasteiger partial charge in [-0.1, -0.05) is 35.4 Å². The van der Waals surface area contributed by atoms with Gasteiger partial charge in [0.1, 0.15) is 0 Å². The Balaban J connectivity index is 1.67. The van der Waals surface area contributed by atoms with Crippen LogP contribution in [0.5, 0.6) is 0 Å². The first kappa shape index (κ1) is 16.7. The van der Waals surface area contributed by atoms with Crippen molar-refractivity contribution in [2.24, 2.45) is 0 Å². The lowest BCUT2D eigenvalue weighted by Crippen LogP contribution is -2.21. The number of rotatable bonds is 3. The number of benzene rings is 2. The molecule has 1 aromatic heterocycles. The molecule has 0 bridgehead atoms. The molecular weight excluding hydrogens is 340 g/mol. The van der Waals surface area contributed by atoms with E-state index in [4.69, 9.17) is 11.6 Å². The Kier molecular flexibility index (Phi) is 4.81.